The van der Waals surface area contributed by atoms with Gasteiger partial charge in [-0.1, -0.05) is 6.58 Å². The average Bonchev–Trinajstić information content (AvgIpc) is 2.10. The molecular weight excluding hydrogens is 164 g/mol. The molecule has 0 aliphatic heterocycles. The molecule has 0 saturated heterocycles. The predicted molar refractivity (Wildman–Crippen MR) is 55.4 cm³/mol. The molecule has 3 heteroatoms. The predicted octanol–water partition coefficient (Wildman–Crippen LogP) is 1.37. The first-order valence-electron chi connectivity index (χ1n) is 4.71. The SMILES string of the molecule is C=C(C)NCCCC(=O)N(C)CC. The molecule has 0 radical (unpaired) electrons. The summed E-state index contributed by atoms with van der Waals surface area (Å²) in [5.74, 6) is 0.214. The molecule has 0 bridgehead atoms. The Balaban J connectivity index is 3.42. The van der Waals surface area contributed by atoms with Gasteiger partial charge in [0.2, 0.25) is 5.91 Å². The minimum absolute atomic E-state index is 0.214. The second-order valence-corrected chi connectivity index (χ2v) is 3.22. The van der Waals surface area contributed by atoms with Crippen LogP contribution in [0.2, 0.25) is 0 Å². The van der Waals surface area contributed by atoms with Crippen LogP contribution in [0.1, 0.15) is 26.7 Å². The zero-order chi connectivity index (χ0) is 10.3. The third-order valence-electron chi connectivity index (χ3n) is 1.89. The van der Waals surface area contributed by atoms with Crippen molar-refractivity contribution in [1.29, 1.82) is 0 Å². The molecule has 1 N–H and O–H groups in total. The van der Waals surface area contributed by atoms with Crippen molar-refractivity contribution in [3.05, 3.63) is 12.3 Å². The number of nitrogens with one attached hydrogen (secondary N) is 1. The molecule has 0 rings (SSSR count). The summed E-state index contributed by atoms with van der Waals surface area (Å²) in [6.45, 7) is 9.23. The Morgan fingerprint density at radius 2 is 2.15 bits per heavy atom. The van der Waals surface area contributed by atoms with E-state index in [1.807, 2.05) is 20.9 Å². The van der Waals surface area contributed by atoms with E-state index in [0.29, 0.717) is 6.42 Å². The highest BCUT2D eigenvalue weighted by molar-refractivity contribution is 5.75. The maximum absolute atomic E-state index is 11.3. The first-order valence-corrected chi connectivity index (χ1v) is 4.71. The Labute approximate surface area is 80.8 Å². The van der Waals surface area contributed by atoms with Gasteiger partial charge in [-0.15, -0.1) is 0 Å². The number of hydrogen-bond acceptors (Lipinski definition) is 2. The van der Waals surface area contributed by atoms with Crippen molar-refractivity contribution in [2.75, 3.05) is 20.1 Å². The lowest BCUT2D eigenvalue weighted by molar-refractivity contribution is -0.129. The van der Waals surface area contributed by atoms with E-state index in [2.05, 4.69) is 11.9 Å². The molecule has 0 aliphatic carbocycles. The number of carbonyl (C=O) groups excluding carboxylic acids is 1. The highest BCUT2D eigenvalue weighted by Crippen LogP contribution is 1.94. The van der Waals surface area contributed by atoms with Gasteiger partial charge in [0.25, 0.3) is 0 Å². The van der Waals surface area contributed by atoms with Crippen molar-refractivity contribution in [3.8, 4) is 0 Å². The van der Waals surface area contributed by atoms with Crippen LogP contribution in [0.4, 0.5) is 0 Å². The first-order chi connectivity index (χ1) is 6.07. The Bertz CT molecular complexity index is 178. The molecule has 0 fully saturated rings. The van der Waals surface area contributed by atoms with E-state index in [9.17, 15) is 4.79 Å². The molecule has 0 atom stereocenters. The topological polar surface area (TPSA) is 32.3 Å². The fourth-order valence-corrected chi connectivity index (χ4v) is 0.909. The minimum Gasteiger partial charge on any atom is -0.389 e. The van der Waals surface area contributed by atoms with Crippen LogP contribution in [0, 0.1) is 0 Å². The van der Waals surface area contributed by atoms with E-state index in [4.69, 9.17) is 0 Å². The number of rotatable bonds is 6. The van der Waals surface area contributed by atoms with Crippen LogP contribution in [0.3, 0.4) is 0 Å². The first kappa shape index (κ1) is 12.0. The normalized spacial score (nSPS) is 9.46. The van der Waals surface area contributed by atoms with Gasteiger partial charge in [0.15, 0.2) is 0 Å². The smallest absolute Gasteiger partial charge is 0.222 e. The van der Waals surface area contributed by atoms with Gasteiger partial charge in [0.1, 0.15) is 0 Å². The van der Waals surface area contributed by atoms with Crippen LogP contribution in [-0.2, 0) is 4.79 Å². The highest BCUT2D eigenvalue weighted by Gasteiger charge is 2.04. The molecule has 0 spiro atoms. The summed E-state index contributed by atoms with van der Waals surface area (Å²) in [6.07, 6.45) is 1.49. The molecule has 0 aromatic carbocycles. The molecule has 0 aromatic heterocycles. The van der Waals surface area contributed by atoms with Crippen molar-refractivity contribution in [3.63, 3.8) is 0 Å². The summed E-state index contributed by atoms with van der Waals surface area (Å²) >= 11 is 0. The number of carbonyl (C=O) groups is 1. The van der Waals surface area contributed by atoms with Crippen LogP contribution in [-0.4, -0.2) is 30.9 Å². The Hall–Kier alpha value is -0.990. The number of allylic oxidation sites excluding steroid dienone is 1. The van der Waals surface area contributed by atoms with Crippen LogP contribution in [0.5, 0.6) is 0 Å². The van der Waals surface area contributed by atoms with E-state index in [0.717, 1.165) is 25.2 Å². The van der Waals surface area contributed by atoms with Crippen molar-refractivity contribution < 1.29 is 4.79 Å². The molecule has 0 aromatic rings. The van der Waals surface area contributed by atoms with Crippen LogP contribution in [0.15, 0.2) is 12.3 Å². The molecule has 0 saturated carbocycles. The minimum atomic E-state index is 0.214. The summed E-state index contributed by atoms with van der Waals surface area (Å²) in [5.41, 5.74) is 0.955. The van der Waals surface area contributed by atoms with Crippen molar-refractivity contribution in [1.82, 2.24) is 10.2 Å². The lowest BCUT2D eigenvalue weighted by Gasteiger charge is -2.14. The molecule has 76 valence electrons. The van der Waals surface area contributed by atoms with E-state index < -0.39 is 0 Å². The summed E-state index contributed by atoms with van der Waals surface area (Å²) in [6, 6.07) is 0. The maximum atomic E-state index is 11.3. The maximum Gasteiger partial charge on any atom is 0.222 e. The van der Waals surface area contributed by atoms with Gasteiger partial charge >= 0.3 is 0 Å². The van der Waals surface area contributed by atoms with Crippen LogP contribution in [0.25, 0.3) is 0 Å². The molecule has 3 nitrogen and oxygen atoms in total. The second-order valence-electron chi connectivity index (χ2n) is 3.22. The molecule has 0 heterocycles. The van der Waals surface area contributed by atoms with E-state index in [-0.39, 0.29) is 5.91 Å². The number of hydrogen-bond donors (Lipinski definition) is 1. The monoisotopic (exact) mass is 184 g/mol. The zero-order valence-electron chi connectivity index (χ0n) is 8.89. The Kier molecular flexibility index (Phi) is 6.02. The fraction of sp³-hybridized carbons (Fsp3) is 0.700. The molecule has 0 unspecified atom stereocenters. The van der Waals surface area contributed by atoms with Crippen molar-refractivity contribution in [2.45, 2.75) is 26.7 Å². The summed E-state index contributed by atoms with van der Waals surface area (Å²) in [5, 5.41) is 3.09. The van der Waals surface area contributed by atoms with E-state index >= 15 is 0 Å². The van der Waals surface area contributed by atoms with Crippen LogP contribution >= 0.6 is 0 Å². The third kappa shape index (κ3) is 6.20. The summed E-state index contributed by atoms with van der Waals surface area (Å²) < 4.78 is 0. The molecular formula is C10H20N2O. The van der Waals surface area contributed by atoms with Gasteiger partial charge in [0.05, 0.1) is 0 Å². The third-order valence-corrected chi connectivity index (χ3v) is 1.89. The van der Waals surface area contributed by atoms with Gasteiger partial charge < -0.3 is 10.2 Å². The molecule has 1 amide bonds. The lowest BCUT2D eigenvalue weighted by atomic mass is 10.3. The van der Waals surface area contributed by atoms with Crippen LogP contribution < -0.4 is 5.32 Å². The standard InChI is InChI=1S/C10H20N2O/c1-5-12(4)10(13)7-6-8-11-9(2)3/h11H,2,5-8H2,1,3-4H3. The van der Waals surface area contributed by atoms with Gasteiger partial charge in [0, 0.05) is 32.3 Å². The zero-order valence-corrected chi connectivity index (χ0v) is 8.89. The highest BCUT2D eigenvalue weighted by atomic mass is 16.2. The van der Waals surface area contributed by atoms with E-state index in [1.165, 1.54) is 0 Å². The Morgan fingerprint density at radius 3 is 2.62 bits per heavy atom. The Morgan fingerprint density at radius 1 is 1.54 bits per heavy atom. The molecule has 0 aliphatic rings. The van der Waals surface area contributed by atoms with E-state index in [1.54, 1.807) is 4.90 Å². The van der Waals surface area contributed by atoms with Gasteiger partial charge in [-0.3, -0.25) is 4.79 Å². The van der Waals surface area contributed by atoms with Crippen molar-refractivity contribution >= 4 is 5.91 Å². The number of amides is 1. The quantitative estimate of drug-likeness (QED) is 0.632. The molecule has 13 heavy (non-hydrogen) atoms. The van der Waals surface area contributed by atoms with Gasteiger partial charge in [-0.2, -0.15) is 0 Å². The summed E-state index contributed by atoms with van der Waals surface area (Å²) in [4.78, 5) is 13.0. The number of nitrogens with zero attached hydrogens (tertiary/aromatic N) is 1. The largest absolute Gasteiger partial charge is 0.389 e. The summed E-state index contributed by atoms with van der Waals surface area (Å²) in [7, 11) is 1.83. The average molecular weight is 184 g/mol. The fourth-order valence-electron chi connectivity index (χ4n) is 0.909. The van der Waals surface area contributed by atoms with Crippen molar-refractivity contribution in [2.24, 2.45) is 0 Å². The van der Waals surface area contributed by atoms with Gasteiger partial charge in [-0.05, 0) is 20.3 Å². The van der Waals surface area contributed by atoms with Gasteiger partial charge in [-0.25, -0.2) is 0 Å². The lowest BCUT2D eigenvalue weighted by Crippen LogP contribution is -2.26. The second kappa shape index (κ2) is 6.52.